The number of nitrogens with zero attached hydrogens (tertiary/aromatic N) is 3. The van der Waals surface area contributed by atoms with Crippen molar-refractivity contribution in [2.24, 2.45) is 0 Å². The highest BCUT2D eigenvalue weighted by molar-refractivity contribution is 7.80. The molecule has 0 radical (unpaired) electrons. The summed E-state index contributed by atoms with van der Waals surface area (Å²) < 4.78 is 14.7. The van der Waals surface area contributed by atoms with Gasteiger partial charge in [0.1, 0.15) is 11.9 Å². The fourth-order valence-electron chi connectivity index (χ4n) is 5.47. The Bertz CT molecular complexity index is 1710. The van der Waals surface area contributed by atoms with Crippen LogP contribution in [0.1, 0.15) is 45.1 Å². The molecule has 0 spiro atoms. The van der Waals surface area contributed by atoms with E-state index in [-0.39, 0.29) is 33.2 Å². The number of para-hydroxylation sites is 1. The number of carbonyl (C=O) groups excluding carboxylic acids is 2. The van der Waals surface area contributed by atoms with Crippen LogP contribution in [0.2, 0.25) is 5.02 Å². The highest BCUT2D eigenvalue weighted by Gasteiger charge is 2.34. The number of anilines is 2. The molecule has 4 aromatic rings. The van der Waals surface area contributed by atoms with Crippen LogP contribution in [0.25, 0.3) is 0 Å². The first kappa shape index (κ1) is 28.5. The third kappa shape index (κ3) is 5.99. The molecule has 1 aliphatic carbocycles. The number of fused-ring (bicyclic) bond motifs is 2. The summed E-state index contributed by atoms with van der Waals surface area (Å²) in [6.07, 6.45) is 6.60. The molecule has 1 saturated heterocycles. The summed E-state index contributed by atoms with van der Waals surface area (Å²) in [7, 11) is 0. The summed E-state index contributed by atoms with van der Waals surface area (Å²) in [6.45, 7) is 0.513. The SMILES string of the molecule is O=C(NC1CCN(c2ccccc2)C1=O)c1cnc(NNC(=S)NC2c3cnccc3CCc3c(F)cccc32)c(Cl)c1. The number of aromatic nitrogens is 2. The maximum Gasteiger partial charge on any atom is 0.253 e. The standard InChI is InChI=1S/C31H27ClFN7O2S/c32-24-15-19(29(41)36-26-12-14-40(30(26)42)20-5-2-1-3-6-20)16-35-28(24)38-39-31(43)37-27-22-7-4-8-25(33)21(22)10-9-18-11-13-34-17-23(18)27/h1-8,11,13,15-17,26-27H,9-10,12,14H2,(H,35,38)(H,36,41)(H2,37,39,43). The molecule has 6 rings (SSSR count). The number of amides is 2. The van der Waals surface area contributed by atoms with Crippen molar-refractivity contribution in [2.75, 3.05) is 16.9 Å². The van der Waals surface area contributed by atoms with Crippen LogP contribution in [0.15, 0.2) is 79.3 Å². The van der Waals surface area contributed by atoms with Gasteiger partial charge in [0, 0.05) is 36.4 Å². The quantitative estimate of drug-likeness (QED) is 0.186. The summed E-state index contributed by atoms with van der Waals surface area (Å²) in [6, 6.07) is 16.7. The Morgan fingerprint density at radius 2 is 1.86 bits per heavy atom. The summed E-state index contributed by atoms with van der Waals surface area (Å²) in [5.41, 5.74) is 10.1. The van der Waals surface area contributed by atoms with E-state index in [1.54, 1.807) is 23.4 Å². The number of pyridine rings is 2. The van der Waals surface area contributed by atoms with E-state index in [0.29, 0.717) is 31.4 Å². The molecule has 218 valence electrons. The Morgan fingerprint density at radius 3 is 2.67 bits per heavy atom. The zero-order valence-electron chi connectivity index (χ0n) is 22.8. The van der Waals surface area contributed by atoms with Crippen molar-refractivity contribution in [3.05, 3.63) is 118 Å². The maximum absolute atomic E-state index is 14.7. The molecule has 0 bridgehead atoms. The van der Waals surface area contributed by atoms with Gasteiger partial charge < -0.3 is 15.5 Å². The van der Waals surface area contributed by atoms with E-state index >= 15 is 0 Å². The van der Waals surface area contributed by atoms with E-state index in [1.165, 1.54) is 18.3 Å². The molecule has 2 amide bonds. The highest BCUT2D eigenvalue weighted by Crippen LogP contribution is 2.33. The van der Waals surface area contributed by atoms with Crippen molar-refractivity contribution < 1.29 is 14.0 Å². The average Bonchev–Trinajstić information content (AvgIpc) is 3.29. The summed E-state index contributed by atoms with van der Waals surface area (Å²) >= 11 is 12.0. The Balaban J connectivity index is 1.09. The first-order valence-electron chi connectivity index (χ1n) is 13.7. The Labute approximate surface area is 257 Å². The fraction of sp³-hybridized carbons (Fsp3) is 0.194. The summed E-state index contributed by atoms with van der Waals surface area (Å²) in [4.78, 5) is 36.0. The number of thiocarbonyl (C=S) groups is 1. The first-order valence-corrected chi connectivity index (χ1v) is 14.5. The third-order valence-corrected chi connectivity index (χ3v) is 8.13. The van der Waals surface area contributed by atoms with Crippen molar-refractivity contribution in [2.45, 2.75) is 31.3 Å². The van der Waals surface area contributed by atoms with Crippen LogP contribution in [-0.2, 0) is 17.6 Å². The monoisotopic (exact) mass is 615 g/mol. The van der Waals surface area contributed by atoms with Gasteiger partial charge in [0.05, 0.1) is 16.6 Å². The van der Waals surface area contributed by atoms with Gasteiger partial charge in [-0.25, -0.2) is 9.37 Å². The van der Waals surface area contributed by atoms with Crippen molar-refractivity contribution in [3.63, 3.8) is 0 Å². The maximum atomic E-state index is 14.7. The van der Waals surface area contributed by atoms with Gasteiger partial charge in [0.15, 0.2) is 10.9 Å². The molecular formula is C31H27ClFN7O2S. The number of carbonyl (C=O) groups is 2. The number of hydrazine groups is 1. The number of aryl methyl sites for hydroxylation is 1. The van der Waals surface area contributed by atoms with Crippen LogP contribution >= 0.6 is 23.8 Å². The molecule has 2 aromatic heterocycles. The van der Waals surface area contributed by atoms with Gasteiger partial charge in [0.2, 0.25) is 5.91 Å². The third-order valence-electron chi connectivity index (χ3n) is 7.62. The Kier molecular flexibility index (Phi) is 8.17. The molecule has 2 aliphatic rings. The summed E-state index contributed by atoms with van der Waals surface area (Å²) in [5, 5.41) is 6.43. The lowest BCUT2D eigenvalue weighted by atomic mass is 9.96. The second kappa shape index (κ2) is 12.3. The van der Waals surface area contributed by atoms with Crippen molar-refractivity contribution in [1.82, 2.24) is 26.0 Å². The number of benzene rings is 2. The molecule has 2 unspecified atom stereocenters. The molecule has 9 nitrogen and oxygen atoms in total. The predicted molar refractivity (Wildman–Crippen MR) is 166 cm³/mol. The topological polar surface area (TPSA) is 111 Å². The van der Waals surface area contributed by atoms with Gasteiger partial charge in [-0.15, -0.1) is 0 Å². The molecule has 1 aliphatic heterocycles. The average molecular weight is 616 g/mol. The minimum absolute atomic E-state index is 0.167. The second-order valence-corrected chi connectivity index (χ2v) is 11.0. The predicted octanol–water partition coefficient (Wildman–Crippen LogP) is 4.48. The lowest BCUT2D eigenvalue weighted by molar-refractivity contribution is -0.118. The first-order chi connectivity index (χ1) is 20.9. The molecule has 4 N–H and O–H groups in total. The lowest BCUT2D eigenvalue weighted by Gasteiger charge is -2.23. The minimum atomic E-state index is -0.641. The highest BCUT2D eigenvalue weighted by atomic mass is 35.5. The molecule has 1 fully saturated rings. The molecule has 0 saturated carbocycles. The van der Waals surface area contributed by atoms with Crippen LogP contribution in [0.3, 0.4) is 0 Å². The van der Waals surface area contributed by atoms with Gasteiger partial charge in [-0.3, -0.25) is 25.4 Å². The van der Waals surface area contributed by atoms with Gasteiger partial charge in [-0.05, 0) is 78.5 Å². The van der Waals surface area contributed by atoms with Crippen LogP contribution in [0.4, 0.5) is 15.9 Å². The zero-order chi connectivity index (χ0) is 29.9. The molecule has 12 heteroatoms. The molecule has 43 heavy (non-hydrogen) atoms. The Morgan fingerprint density at radius 1 is 1.02 bits per heavy atom. The van der Waals surface area contributed by atoms with E-state index in [2.05, 4.69) is 31.5 Å². The van der Waals surface area contributed by atoms with Crippen molar-refractivity contribution in [1.29, 1.82) is 0 Å². The number of hydrogen-bond donors (Lipinski definition) is 4. The van der Waals surface area contributed by atoms with Gasteiger partial charge in [-0.2, -0.15) is 0 Å². The van der Waals surface area contributed by atoms with Crippen LogP contribution < -0.4 is 26.4 Å². The van der Waals surface area contributed by atoms with Crippen molar-refractivity contribution in [3.8, 4) is 0 Å². The summed E-state index contributed by atoms with van der Waals surface area (Å²) in [5.74, 6) is -0.637. The largest absolute Gasteiger partial charge is 0.350 e. The van der Waals surface area contributed by atoms with E-state index in [0.717, 1.165) is 22.4 Å². The zero-order valence-corrected chi connectivity index (χ0v) is 24.4. The molecular weight excluding hydrogens is 589 g/mol. The normalized spacial score (nSPS) is 17.3. The number of nitrogens with one attached hydrogen (secondary N) is 4. The molecule has 2 aromatic carbocycles. The Hall–Kier alpha value is -4.61. The van der Waals surface area contributed by atoms with Gasteiger partial charge >= 0.3 is 0 Å². The number of halogens is 2. The van der Waals surface area contributed by atoms with E-state index in [9.17, 15) is 14.0 Å². The van der Waals surface area contributed by atoms with Gasteiger partial charge in [0.25, 0.3) is 5.91 Å². The van der Waals surface area contributed by atoms with E-state index < -0.39 is 18.0 Å². The van der Waals surface area contributed by atoms with Crippen LogP contribution in [0.5, 0.6) is 0 Å². The second-order valence-electron chi connectivity index (χ2n) is 10.2. The minimum Gasteiger partial charge on any atom is -0.350 e. The van der Waals surface area contributed by atoms with Crippen molar-refractivity contribution >= 4 is 52.3 Å². The molecule has 3 heterocycles. The van der Waals surface area contributed by atoms with E-state index in [4.69, 9.17) is 23.8 Å². The van der Waals surface area contributed by atoms with Crippen LogP contribution in [0, 0.1) is 5.82 Å². The molecule has 2 atom stereocenters. The van der Waals surface area contributed by atoms with E-state index in [1.807, 2.05) is 42.5 Å². The number of hydrogen-bond acceptors (Lipinski definition) is 6. The van der Waals surface area contributed by atoms with Crippen LogP contribution in [-0.4, -0.2) is 39.5 Å². The lowest BCUT2D eigenvalue weighted by Crippen LogP contribution is -2.42. The number of rotatable bonds is 6. The fourth-order valence-corrected chi connectivity index (χ4v) is 5.85. The smallest absolute Gasteiger partial charge is 0.253 e. The van der Waals surface area contributed by atoms with Gasteiger partial charge in [-0.1, -0.05) is 41.9 Å².